The molecular weight excluding hydrogens is 269 g/mol. The minimum atomic E-state index is -4.18. The van der Waals surface area contributed by atoms with E-state index in [1.165, 1.54) is 4.90 Å². The predicted octanol–water partition coefficient (Wildman–Crippen LogP) is 2.85. The quantitative estimate of drug-likeness (QED) is 0.923. The Morgan fingerprint density at radius 1 is 1.25 bits per heavy atom. The van der Waals surface area contributed by atoms with Gasteiger partial charge in [0.05, 0.1) is 6.04 Å². The summed E-state index contributed by atoms with van der Waals surface area (Å²) in [5, 5.41) is 3.11. The average molecular weight is 286 g/mol. The van der Waals surface area contributed by atoms with Gasteiger partial charge in [0.1, 0.15) is 6.17 Å². The first-order chi connectivity index (χ1) is 9.38. The smallest absolute Gasteiger partial charge is 0.322 e. The zero-order chi connectivity index (χ0) is 14.8. The second-order valence-electron chi connectivity index (χ2n) is 4.95. The van der Waals surface area contributed by atoms with E-state index in [0.717, 1.165) is 5.56 Å². The van der Waals surface area contributed by atoms with E-state index in [2.05, 4.69) is 5.32 Å². The lowest BCUT2D eigenvalue weighted by Crippen LogP contribution is -2.32. The summed E-state index contributed by atoms with van der Waals surface area (Å²) in [6.07, 6.45) is -5.46. The number of alkyl halides is 3. The number of halogens is 3. The first-order valence-corrected chi connectivity index (χ1v) is 6.57. The third-order valence-electron chi connectivity index (χ3n) is 3.35. The van der Waals surface area contributed by atoms with Crippen molar-refractivity contribution >= 4 is 5.91 Å². The van der Waals surface area contributed by atoms with Gasteiger partial charge in [0.2, 0.25) is 5.91 Å². The summed E-state index contributed by atoms with van der Waals surface area (Å²) in [5.74, 6) is -0.152. The topological polar surface area (TPSA) is 32.3 Å². The van der Waals surface area contributed by atoms with E-state index in [0.29, 0.717) is 0 Å². The van der Waals surface area contributed by atoms with Crippen LogP contribution in [0.4, 0.5) is 13.2 Å². The summed E-state index contributed by atoms with van der Waals surface area (Å²) in [4.78, 5) is 13.5. The molecular formula is C14H17F3N2O. The fraction of sp³-hybridized carbons (Fsp3) is 0.500. The number of rotatable bonds is 4. The van der Waals surface area contributed by atoms with Crippen molar-refractivity contribution in [1.29, 1.82) is 0 Å². The van der Waals surface area contributed by atoms with Gasteiger partial charge in [-0.05, 0) is 18.9 Å². The summed E-state index contributed by atoms with van der Waals surface area (Å²) in [6.45, 7) is 1.83. The van der Waals surface area contributed by atoms with Gasteiger partial charge < -0.3 is 4.90 Å². The minimum absolute atomic E-state index is 0.0764. The van der Waals surface area contributed by atoms with Crippen LogP contribution < -0.4 is 5.32 Å². The Morgan fingerprint density at radius 3 is 2.50 bits per heavy atom. The second-order valence-corrected chi connectivity index (χ2v) is 4.95. The van der Waals surface area contributed by atoms with Crippen LogP contribution in [0.1, 0.15) is 31.5 Å². The number of benzene rings is 1. The zero-order valence-electron chi connectivity index (χ0n) is 11.2. The van der Waals surface area contributed by atoms with Crippen molar-refractivity contribution in [2.75, 3.05) is 6.54 Å². The van der Waals surface area contributed by atoms with Crippen molar-refractivity contribution in [1.82, 2.24) is 10.2 Å². The third kappa shape index (κ3) is 3.50. The van der Waals surface area contributed by atoms with Crippen LogP contribution in [-0.4, -0.2) is 29.6 Å². The number of carbonyl (C=O) groups excluding carboxylic acids is 1. The fourth-order valence-electron chi connectivity index (χ4n) is 2.37. The Kier molecular flexibility index (Phi) is 4.32. The van der Waals surface area contributed by atoms with Crippen LogP contribution in [0.25, 0.3) is 0 Å². The van der Waals surface area contributed by atoms with Crippen molar-refractivity contribution in [3.63, 3.8) is 0 Å². The molecule has 2 unspecified atom stereocenters. The minimum Gasteiger partial charge on any atom is -0.322 e. The Morgan fingerprint density at radius 2 is 1.90 bits per heavy atom. The molecule has 1 aromatic carbocycles. The molecule has 1 aliphatic heterocycles. The van der Waals surface area contributed by atoms with Gasteiger partial charge in [-0.2, -0.15) is 13.2 Å². The van der Waals surface area contributed by atoms with Gasteiger partial charge >= 0.3 is 6.18 Å². The lowest BCUT2D eigenvalue weighted by molar-refractivity contribution is -0.140. The molecule has 1 aliphatic rings. The van der Waals surface area contributed by atoms with E-state index in [-0.39, 0.29) is 31.1 Å². The normalized spacial score (nSPS) is 23.4. The highest BCUT2D eigenvalue weighted by atomic mass is 19.4. The molecule has 2 rings (SSSR count). The monoisotopic (exact) mass is 286 g/mol. The fourth-order valence-corrected chi connectivity index (χ4v) is 2.37. The molecule has 1 N–H and O–H groups in total. The number of hydrogen-bond donors (Lipinski definition) is 1. The molecule has 6 heteroatoms. The van der Waals surface area contributed by atoms with E-state index in [9.17, 15) is 18.0 Å². The van der Waals surface area contributed by atoms with Crippen molar-refractivity contribution < 1.29 is 18.0 Å². The zero-order valence-corrected chi connectivity index (χ0v) is 11.2. The van der Waals surface area contributed by atoms with E-state index >= 15 is 0 Å². The van der Waals surface area contributed by atoms with Crippen LogP contribution in [0.2, 0.25) is 0 Å². The molecule has 0 bridgehead atoms. The molecule has 1 aromatic rings. The van der Waals surface area contributed by atoms with Gasteiger partial charge in [-0.25, -0.2) is 0 Å². The first kappa shape index (κ1) is 14.8. The molecule has 0 saturated carbocycles. The Balaban J connectivity index is 2.05. The molecule has 1 fully saturated rings. The van der Waals surface area contributed by atoms with Crippen LogP contribution in [0.3, 0.4) is 0 Å². The Bertz CT molecular complexity index is 461. The van der Waals surface area contributed by atoms with Gasteiger partial charge in [-0.1, -0.05) is 30.3 Å². The number of hydrogen-bond acceptors (Lipinski definition) is 2. The SMILES string of the molecule is CC1NC(c2ccccc2)N(CCCC(F)(F)F)C1=O. The highest BCUT2D eigenvalue weighted by Gasteiger charge is 2.37. The lowest BCUT2D eigenvalue weighted by Gasteiger charge is -2.24. The average Bonchev–Trinajstić information content (AvgIpc) is 2.67. The Labute approximate surface area is 115 Å². The molecule has 20 heavy (non-hydrogen) atoms. The summed E-state index contributed by atoms with van der Waals surface area (Å²) >= 11 is 0. The number of nitrogens with zero attached hydrogens (tertiary/aromatic N) is 1. The van der Waals surface area contributed by atoms with Gasteiger partial charge in [-0.15, -0.1) is 0 Å². The van der Waals surface area contributed by atoms with Gasteiger partial charge in [0.15, 0.2) is 0 Å². The van der Waals surface area contributed by atoms with Crippen LogP contribution in [-0.2, 0) is 4.79 Å². The largest absolute Gasteiger partial charge is 0.389 e. The van der Waals surface area contributed by atoms with Crippen LogP contribution in [0, 0.1) is 0 Å². The van der Waals surface area contributed by atoms with Gasteiger partial charge in [0, 0.05) is 13.0 Å². The molecule has 0 aromatic heterocycles. The summed E-state index contributed by atoms with van der Waals surface area (Å²) < 4.78 is 36.6. The molecule has 1 heterocycles. The van der Waals surface area contributed by atoms with E-state index in [4.69, 9.17) is 0 Å². The maximum Gasteiger partial charge on any atom is 0.389 e. The second kappa shape index (κ2) is 5.83. The number of carbonyl (C=O) groups is 1. The molecule has 110 valence electrons. The van der Waals surface area contributed by atoms with E-state index in [1.54, 1.807) is 6.92 Å². The van der Waals surface area contributed by atoms with E-state index < -0.39 is 12.6 Å². The summed E-state index contributed by atoms with van der Waals surface area (Å²) in [5.41, 5.74) is 0.886. The van der Waals surface area contributed by atoms with Gasteiger partial charge in [0.25, 0.3) is 0 Å². The molecule has 0 radical (unpaired) electrons. The molecule has 2 atom stereocenters. The van der Waals surface area contributed by atoms with Crippen molar-refractivity contribution in [3.8, 4) is 0 Å². The van der Waals surface area contributed by atoms with Gasteiger partial charge in [-0.3, -0.25) is 10.1 Å². The maximum atomic E-state index is 12.2. The summed E-state index contributed by atoms with van der Waals surface area (Å²) in [6, 6.07) is 8.90. The standard InChI is InChI=1S/C14H17F3N2O/c1-10-13(20)19(9-5-8-14(15,16)17)12(18-10)11-6-3-2-4-7-11/h2-4,6-7,10,12,18H,5,8-9H2,1H3. The highest BCUT2D eigenvalue weighted by molar-refractivity contribution is 5.84. The van der Waals surface area contributed by atoms with Crippen molar-refractivity contribution in [3.05, 3.63) is 35.9 Å². The molecule has 1 saturated heterocycles. The van der Waals surface area contributed by atoms with Crippen molar-refractivity contribution in [2.24, 2.45) is 0 Å². The van der Waals surface area contributed by atoms with Crippen LogP contribution >= 0.6 is 0 Å². The first-order valence-electron chi connectivity index (χ1n) is 6.57. The van der Waals surface area contributed by atoms with Crippen molar-refractivity contribution in [2.45, 2.75) is 38.1 Å². The Hall–Kier alpha value is -1.56. The summed E-state index contributed by atoms with van der Waals surface area (Å²) in [7, 11) is 0. The molecule has 0 spiro atoms. The highest BCUT2D eigenvalue weighted by Crippen LogP contribution is 2.27. The maximum absolute atomic E-state index is 12.2. The van der Waals surface area contributed by atoms with Crippen LogP contribution in [0.15, 0.2) is 30.3 Å². The molecule has 3 nitrogen and oxygen atoms in total. The van der Waals surface area contributed by atoms with E-state index in [1.807, 2.05) is 30.3 Å². The number of nitrogens with one attached hydrogen (secondary N) is 1. The lowest BCUT2D eigenvalue weighted by atomic mass is 10.1. The predicted molar refractivity (Wildman–Crippen MR) is 68.8 cm³/mol. The van der Waals surface area contributed by atoms with Crippen LogP contribution in [0.5, 0.6) is 0 Å². The number of amides is 1. The molecule has 0 aliphatic carbocycles. The molecule has 1 amide bonds. The third-order valence-corrected chi connectivity index (χ3v) is 3.35.